The van der Waals surface area contributed by atoms with Crippen LogP contribution in [0.3, 0.4) is 0 Å². The predicted molar refractivity (Wildman–Crippen MR) is 40.5 cm³/mol. The quantitative estimate of drug-likeness (QED) is 0.582. The van der Waals surface area contributed by atoms with E-state index in [0.717, 1.165) is 23.3 Å². The van der Waals surface area contributed by atoms with E-state index in [1.165, 1.54) is 32.1 Å². The van der Waals surface area contributed by atoms with Crippen molar-refractivity contribution in [3.05, 3.63) is 0 Å². The average molecular weight is 137 g/mol. The Labute approximate surface area is 62.0 Å². The van der Waals surface area contributed by atoms with Gasteiger partial charge in [-0.2, -0.15) is 0 Å². The molecule has 56 valence electrons. The lowest BCUT2D eigenvalue weighted by molar-refractivity contribution is -0.306. The fraction of sp³-hybridized carbons (Fsp3) is 1.00. The van der Waals surface area contributed by atoms with E-state index in [2.05, 4.69) is 0 Å². The first-order valence-corrected chi connectivity index (χ1v) is 4.53. The van der Waals surface area contributed by atoms with Crippen molar-refractivity contribution in [1.29, 1.82) is 0 Å². The molecule has 0 aromatic carbocycles. The number of hydrogen-bond acceptors (Lipinski definition) is 1. The topological polar surface area (TPSA) is 26.0 Å². The molecule has 3 rings (SSSR count). The molecule has 1 atom stereocenters. The third-order valence-electron chi connectivity index (χ3n) is 4.86. The first-order chi connectivity index (χ1) is 4.83. The van der Waals surface area contributed by atoms with Gasteiger partial charge in [0.2, 0.25) is 0 Å². The lowest BCUT2D eigenvalue weighted by Gasteiger charge is -2.80. The molecule has 2 N–H and O–H groups in total. The van der Waals surface area contributed by atoms with Crippen LogP contribution in [0.1, 0.15) is 32.1 Å². The fourth-order valence-electron chi connectivity index (χ4n) is 3.94. The summed E-state index contributed by atoms with van der Waals surface area (Å²) in [5.74, 6) is 0.926. The molecular formula is C9H15N. The van der Waals surface area contributed by atoms with E-state index >= 15 is 0 Å². The summed E-state index contributed by atoms with van der Waals surface area (Å²) in [6.07, 6.45) is 7.56. The Bertz CT molecular complexity index is 177. The second kappa shape index (κ2) is 1.29. The molecule has 3 saturated carbocycles. The second-order valence-corrected chi connectivity index (χ2v) is 4.57. The van der Waals surface area contributed by atoms with Crippen LogP contribution in [0.5, 0.6) is 0 Å². The van der Waals surface area contributed by atoms with Gasteiger partial charge in [0.05, 0.1) is 0 Å². The highest BCUT2D eigenvalue weighted by Crippen LogP contribution is 2.83. The zero-order valence-electron chi connectivity index (χ0n) is 6.40. The number of nitrogens with two attached hydrogens (primary N) is 1. The summed E-state index contributed by atoms with van der Waals surface area (Å²) >= 11 is 0. The van der Waals surface area contributed by atoms with Gasteiger partial charge in [0.15, 0.2) is 0 Å². The largest absolute Gasteiger partial charge is 0.330 e. The highest BCUT2D eigenvalue weighted by molar-refractivity contribution is 5.24. The highest BCUT2D eigenvalue weighted by Gasteiger charge is 2.75. The molecule has 1 nitrogen and oxygen atoms in total. The van der Waals surface area contributed by atoms with E-state index in [-0.39, 0.29) is 0 Å². The van der Waals surface area contributed by atoms with Crippen molar-refractivity contribution in [2.24, 2.45) is 22.5 Å². The maximum Gasteiger partial charge on any atom is -0.00431 e. The van der Waals surface area contributed by atoms with Crippen molar-refractivity contribution < 1.29 is 0 Å². The van der Waals surface area contributed by atoms with E-state index in [1.54, 1.807) is 0 Å². The van der Waals surface area contributed by atoms with E-state index in [0.29, 0.717) is 0 Å². The van der Waals surface area contributed by atoms with E-state index < -0.39 is 0 Å². The van der Waals surface area contributed by atoms with Gasteiger partial charge in [-0.15, -0.1) is 0 Å². The fourth-order valence-corrected chi connectivity index (χ4v) is 3.94. The third kappa shape index (κ3) is 0.298. The molecule has 1 heteroatoms. The lowest BCUT2D eigenvalue weighted by atomic mass is 9.24. The molecule has 0 bridgehead atoms. The van der Waals surface area contributed by atoms with Crippen molar-refractivity contribution in [1.82, 2.24) is 0 Å². The van der Waals surface area contributed by atoms with Crippen molar-refractivity contribution in [3.63, 3.8) is 0 Å². The van der Waals surface area contributed by atoms with Gasteiger partial charge in [0.1, 0.15) is 0 Å². The minimum Gasteiger partial charge on any atom is -0.330 e. The molecule has 10 heavy (non-hydrogen) atoms. The molecule has 1 unspecified atom stereocenters. The van der Waals surface area contributed by atoms with E-state index in [9.17, 15) is 0 Å². The smallest absolute Gasteiger partial charge is 0.00431 e. The molecule has 0 aliphatic heterocycles. The summed E-state index contributed by atoms with van der Waals surface area (Å²) in [4.78, 5) is 0. The van der Waals surface area contributed by atoms with Crippen LogP contribution in [0.25, 0.3) is 0 Å². The molecule has 0 spiro atoms. The molecule has 0 aromatic rings. The van der Waals surface area contributed by atoms with E-state index in [1.807, 2.05) is 0 Å². The van der Waals surface area contributed by atoms with Crippen molar-refractivity contribution in [2.75, 3.05) is 6.54 Å². The van der Waals surface area contributed by atoms with E-state index in [4.69, 9.17) is 5.73 Å². The first-order valence-electron chi connectivity index (χ1n) is 4.53. The van der Waals surface area contributed by atoms with Gasteiger partial charge in [-0.05, 0) is 55.4 Å². The van der Waals surface area contributed by atoms with Crippen LogP contribution in [0.4, 0.5) is 0 Å². The Morgan fingerprint density at radius 2 is 1.90 bits per heavy atom. The lowest BCUT2D eigenvalue weighted by Crippen LogP contribution is -2.73. The maximum absolute atomic E-state index is 5.70. The van der Waals surface area contributed by atoms with Crippen LogP contribution in [0, 0.1) is 16.7 Å². The summed E-state index contributed by atoms with van der Waals surface area (Å²) < 4.78 is 0. The highest BCUT2D eigenvalue weighted by atomic mass is 14.8. The van der Waals surface area contributed by atoms with Crippen LogP contribution < -0.4 is 5.73 Å². The van der Waals surface area contributed by atoms with Crippen LogP contribution in [-0.2, 0) is 0 Å². The molecule has 0 heterocycles. The zero-order chi connectivity index (χ0) is 6.82. The molecule has 3 aliphatic carbocycles. The molecule has 0 aromatic heterocycles. The molecule has 3 fully saturated rings. The molecule has 0 amide bonds. The normalized spacial score (nSPS) is 62.7. The number of rotatable bonds is 1. The standard InChI is InChI=1S/C9H15N/c10-6-7-5-8-1-3-9(7,8)4-2-8/h7H,1-6,10H2. The molecule has 0 saturated heterocycles. The summed E-state index contributed by atoms with van der Waals surface area (Å²) in [5.41, 5.74) is 7.39. The SMILES string of the molecule is NCC1CC23CCC12CC3. The first kappa shape index (κ1) is 5.59. The van der Waals surface area contributed by atoms with Gasteiger partial charge in [-0.1, -0.05) is 0 Å². The van der Waals surface area contributed by atoms with Crippen molar-refractivity contribution in [3.8, 4) is 0 Å². The minimum absolute atomic E-state index is 0.821. The molecular weight excluding hydrogens is 122 g/mol. The Morgan fingerprint density at radius 3 is 2.00 bits per heavy atom. The van der Waals surface area contributed by atoms with Gasteiger partial charge in [0.25, 0.3) is 0 Å². The molecule has 0 radical (unpaired) electrons. The van der Waals surface area contributed by atoms with Gasteiger partial charge < -0.3 is 5.73 Å². The van der Waals surface area contributed by atoms with Crippen molar-refractivity contribution in [2.45, 2.75) is 32.1 Å². The van der Waals surface area contributed by atoms with Gasteiger partial charge in [0, 0.05) is 0 Å². The summed E-state index contributed by atoms with van der Waals surface area (Å²) in [6, 6.07) is 0. The van der Waals surface area contributed by atoms with Gasteiger partial charge in [-0.25, -0.2) is 0 Å². The third-order valence-corrected chi connectivity index (χ3v) is 4.86. The van der Waals surface area contributed by atoms with Gasteiger partial charge in [-0.3, -0.25) is 0 Å². The van der Waals surface area contributed by atoms with Crippen LogP contribution in [-0.4, -0.2) is 6.54 Å². The molecule has 3 aliphatic rings. The van der Waals surface area contributed by atoms with Crippen molar-refractivity contribution >= 4 is 0 Å². The predicted octanol–water partition coefficient (Wildman–Crippen LogP) is 1.53. The average Bonchev–Trinajstić information content (AvgIpc) is 2.04. The van der Waals surface area contributed by atoms with Gasteiger partial charge >= 0.3 is 0 Å². The minimum atomic E-state index is 0.821. The van der Waals surface area contributed by atoms with Crippen LogP contribution in [0.2, 0.25) is 0 Å². The van der Waals surface area contributed by atoms with Crippen LogP contribution >= 0.6 is 0 Å². The zero-order valence-corrected chi connectivity index (χ0v) is 6.40. The Balaban J connectivity index is 1.89. The van der Waals surface area contributed by atoms with Crippen LogP contribution in [0.15, 0.2) is 0 Å². The Hall–Kier alpha value is -0.0400. The summed E-state index contributed by atoms with van der Waals surface area (Å²) in [7, 11) is 0. The number of hydrogen-bond donors (Lipinski definition) is 1. The second-order valence-electron chi connectivity index (χ2n) is 4.57. The maximum atomic E-state index is 5.70. The monoisotopic (exact) mass is 137 g/mol. The Kier molecular flexibility index (Phi) is 0.722. The summed E-state index contributed by atoms with van der Waals surface area (Å²) in [6.45, 7) is 0.960. The Morgan fingerprint density at radius 1 is 1.20 bits per heavy atom. The summed E-state index contributed by atoms with van der Waals surface area (Å²) in [5, 5.41) is 0.